The Kier molecular flexibility index (Phi) is 4.74. The summed E-state index contributed by atoms with van der Waals surface area (Å²) in [6.07, 6.45) is 2.53. The first-order valence-electron chi connectivity index (χ1n) is 6.79. The highest BCUT2D eigenvalue weighted by Crippen LogP contribution is 2.27. The lowest BCUT2D eigenvalue weighted by Gasteiger charge is -2.10. The summed E-state index contributed by atoms with van der Waals surface area (Å²) in [5.74, 6) is 0.306. The van der Waals surface area contributed by atoms with Gasteiger partial charge in [0.15, 0.2) is 0 Å². The van der Waals surface area contributed by atoms with Gasteiger partial charge < -0.3 is 15.4 Å². The van der Waals surface area contributed by atoms with Gasteiger partial charge in [-0.25, -0.2) is 4.79 Å². The third kappa shape index (κ3) is 4.06. The molecular weight excluding hydrogens is 256 g/mol. The average molecular weight is 276 g/mol. The first kappa shape index (κ1) is 14.5. The van der Waals surface area contributed by atoms with Crippen LogP contribution in [0.5, 0.6) is 0 Å². The fourth-order valence-electron chi connectivity index (χ4n) is 1.95. The van der Waals surface area contributed by atoms with Crippen LogP contribution in [0.2, 0.25) is 0 Å². The molecule has 0 bridgehead atoms. The van der Waals surface area contributed by atoms with E-state index in [1.54, 1.807) is 18.2 Å². The van der Waals surface area contributed by atoms with Crippen molar-refractivity contribution in [1.82, 2.24) is 5.32 Å². The maximum Gasteiger partial charge on any atom is 0.337 e. The number of hydrogen-bond acceptors (Lipinski definition) is 4. The molecule has 0 atom stereocenters. The molecule has 1 aliphatic rings. The fraction of sp³-hybridized carbons (Fsp3) is 0.467. The minimum Gasteiger partial charge on any atom is -0.465 e. The lowest BCUT2D eigenvalue weighted by atomic mass is 10.1. The van der Waals surface area contributed by atoms with Gasteiger partial charge in [-0.05, 0) is 56.0 Å². The maximum atomic E-state index is 11.8. The van der Waals surface area contributed by atoms with Crippen LogP contribution in [-0.2, 0) is 9.53 Å². The van der Waals surface area contributed by atoms with E-state index < -0.39 is 0 Å². The van der Waals surface area contributed by atoms with Gasteiger partial charge in [-0.15, -0.1) is 0 Å². The van der Waals surface area contributed by atoms with Crippen molar-refractivity contribution >= 4 is 17.6 Å². The summed E-state index contributed by atoms with van der Waals surface area (Å²) in [5, 5.41) is 5.97. The molecule has 2 rings (SSSR count). The monoisotopic (exact) mass is 276 g/mol. The van der Waals surface area contributed by atoms with Crippen molar-refractivity contribution in [2.24, 2.45) is 5.92 Å². The summed E-state index contributed by atoms with van der Waals surface area (Å²) in [6, 6.07) is 5.07. The van der Waals surface area contributed by atoms with E-state index in [-0.39, 0.29) is 11.9 Å². The maximum absolute atomic E-state index is 11.8. The number of carbonyl (C=O) groups is 2. The number of ether oxygens (including phenoxy) is 1. The molecule has 5 heteroatoms. The predicted molar refractivity (Wildman–Crippen MR) is 76.7 cm³/mol. The standard InChI is InChI=1S/C15H20N2O3/c1-10-7-12(15(19)20-2)5-6-13(10)17-14(18)9-16-8-11-3-4-11/h5-7,11,16H,3-4,8-9H2,1-2H3,(H,17,18). The number of hydrogen-bond donors (Lipinski definition) is 2. The molecule has 2 N–H and O–H groups in total. The van der Waals surface area contributed by atoms with E-state index in [1.165, 1.54) is 20.0 Å². The van der Waals surface area contributed by atoms with Gasteiger partial charge in [0.25, 0.3) is 0 Å². The molecule has 20 heavy (non-hydrogen) atoms. The molecule has 0 unspecified atom stereocenters. The molecule has 0 spiro atoms. The number of esters is 1. The molecule has 1 amide bonds. The number of benzene rings is 1. The lowest BCUT2D eigenvalue weighted by Crippen LogP contribution is -2.29. The number of carbonyl (C=O) groups excluding carboxylic acids is 2. The van der Waals surface area contributed by atoms with Crippen molar-refractivity contribution in [2.75, 3.05) is 25.5 Å². The average Bonchev–Trinajstić information content (AvgIpc) is 3.24. The molecule has 1 aromatic carbocycles. The second kappa shape index (κ2) is 6.52. The van der Waals surface area contributed by atoms with Gasteiger partial charge in [-0.1, -0.05) is 0 Å². The summed E-state index contributed by atoms with van der Waals surface area (Å²) in [7, 11) is 1.35. The highest BCUT2D eigenvalue weighted by Gasteiger charge is 2.20. The number of rotatable bonds is 6. The zero-order valence-corrected chi connectivity index (χ0v) is 11.9. The largest absolute Gasteiger partial charge is 0.465 e. The van der Waals surface area contributed by atoms with E-state index in [4.69, 9.17) is 0 Å². The molecule has 0 saturated heterocycles. The Morgan fingerprint density at radius 2 is 2.10 bits per heavy atom. The molecule has 5 nitrogen and oxygen atoms in total. The van der Waals surface area contributed by atoms with Crippen LogP contribution in [0.4, 0.5) is 5.69 Å². The number of nitrogens with one attached hydrogen (secondary N) is 2. The van der Waals surface area contributed by atoms with Gasteiger partial charge >= 0.3 is 5.97 Å². The minimum absolute atomic E-state index is 0.0698. The summed E-state index contributed by atoms with van der Waals surface area (Å²) in [5.41, 5.74) is 2.04. The SMILES string of the molecule is COC(=O)c1ccc(NC(=O)CNCC2CC2)c(C)c1. The first-order valence-corrected chi connectivity index (χ1v) is 6.79. The van der Waals surface area contributed by atoms with Gasteiger partial charge in [0.2, 0.25) is 5.91 Å². The number of anilines is 1. The van der Waals surface area contributed by atoms with Crippen LogP contribution in [0.15, 0.2) is 18.2 Å². The summed E-state index contributed by atoms with van der Waals surface area (Å²) < 4.78 is 4.66. The quantitative estimate of drug-likeness (QED) is 0.776. The molecule has 1 fully saturated rings. The molecule has 1 aromatic rings. The third-order valence-corrected chi connectivity index (χ3v) is 3.34. The topological polar surface area (TPSA) is 67.4 Å². The van der Waals surface area contributed by atoms with Gasteiger partial charge in [0, 0.05) is 5.69 Å². The first-order chi connectivity index (χ1) is 9.60. The Bertz CT molecular complexity index is 510. The van der Waals surface area contributed by atoms with Crippen LogP contribution in [-0.4, -0.2) is 32.1 Å². The van der Waals surface area contributed by atoms with Gasteiger partial charge in [0.05, 0.1) is 19.2 Å². The fourth-order valence-corrected chi connectivity index (χ4v) is 1.95. The molecule has 1 aliphatic carbocycles. The molecular formula is C15H20N2O3. The Balaban J connectivity index is 1.87. The van der Waals surface area contributed by atoms with Crippen LogP contribution in [0.3, 0.4) is 0 Å². The third-order valence-electron chi connectivity index (χ3n) is 3.34. The van der Waals surface area contributed by atoms with E-state index in [0.29, 0.717) is 12.1 Å². The zero-order valence-electron chi connectivity index (χ0n) is 11.9. The number of methoxy groups -OCH3 is 1. The second-order valence-electron chi connectivity index (χ2n) is 5.14. The van der Waals surface area contributed by atoms with Crippen LogP contribution < -0.4 is 10.6 Å². The van der Waals surface area contributed by atoms with Crippen LogP contribution >= 0.6 is 0 Å². The van der Waals surface area contributed by atoms with Crippen LogP contribution in [0.25, 0.3) is 0 Å². The smallest absolute Gasteiger partial charge is 0.337 e. The molecule has 1 saturated carbocycles. The Morgan fingerprint density at radius 3 is 2.70 bits per heavy atom. The minimum atomic E-state index is -0.378. The van der Waals surface area contributed by atoms with Crippen molar-refractivity contribution < 1.29 is 14.3 Å². The highest BCUT2D eigenvalue weighted by molar-refractivity contribution is 5.94. The van der Waals surface area contributed by atoms with Gasteiger partial charge in [0.1, 0.15) is 0 Å². The summed E-state index contributed by atoms with van der Waals surface area (Å²) in [4.78, 5) is 23.2. The zero-order chi connectivity index (χ0) is 14.5. The second-order valence-corrected chi connectivity index (χ2v) is 5.14. The number of amides is 1. The van der Waals surface area contributed by atoms with Gasteiger partial charge in [-0.2, -0.15) is 0 Å². The molecule has 0 aromatic heterocycles. The Hall–Kier alpha value is -1.88. The lowest BCUT2D eigenvalue weighted by molar-refractivity contribution is -0.115. The van der Waals surface area contributed by atoms with Crippen LogP contribution in [0.1, 0.15) is 28.8 Å². The van der Waals surface area contributed by atoms with E-state index in [0.717, 1.165) is 23.7 Å². The van der Waals surface area contributed by atoms with Crippen molar-refractivity contribution in [3.05, 3.63) is 29.3 Å². The van der Waals surface area contributed by atoms with Crippen molar-refractivity contribution in [3.8, 4) is 0 Å². The van der Waals surface area contributed by atoms with E-state index in [1.807, 2.05) is 6.92 Å². The van der Waals surface area contributed by atoms with E-state index in [2.05, 4.69) is 15.4 Å². The molecule has 0 heterocycles. The van der Waals surface area contributed by atoms with E-state index >= 15 is 0 Å². The van der Waals surface area contributed by atoms with Crippen molar-refractivity contribution in [2.45, 2.75) is 19.8 Å². The Labute approximate surface area is 118 Å². The Morgan fingerprint density at radius 1 is 1.35 bits per heavy atom. The normalized spacial score (nSPS) is 13.9. The number of aryl methyl sites for hydroxylation is 1. The summed E-state index contributed by atoms with van der Waals surface area (Å²) in [6.45, 7) is 3.07. The highest BCUT2D eigenvalue weighted by atomic mass is 16.5. The molecule has 108 valence electrons. The molecule has 0 aliphatic heterocycles. The van der Waals surface area contributed by atoms with Crippen LogP contribution in [0, 0.1) is 12.8 Å². The van der Waals surface area contributed by atoms with Crippen molar-refractivity contribution in [3.63, 3.8) is 0 Å². The van der Waals surface area contributed by atoms with E-state index in [9.17, 15) is 9.59 Å². The van der Waals surface area contributed by atoms with Crippen molar-refractivity contribution in [1.29, 1.82) is 0 Å². The summed E-state index contributed by atoms with van der Waals surface area (Å²) >= 11 is 0. The molecule has 0 radical (unpaired) electrons. The predicted octanol–water partition coefficient (Wildman–Crippen LogP) is 1.72. The van der Waals surface area contributed by atoms with Gasteiger partial charge in [-0.3, -0.25) is 4.79 Å².